The fraction of sp³-hybridized carbons (Fsp3) is 0.375. The van der Waals surface area contributed by atoms with Crippen molar-refractivity contribution in [1.82, 2.24) is 34.9 Å². The Morgan fingerprint density at radius 2 is 1.76 bits per heavy atom. The first-order valence-corrected chi connectivity index (χ1v) is 18.9. The molecule has 280 valence electrons. The van der Waals surface area contributed by atoms with E-state index in [4.69, 9.17) is 37.7 Å². The molecule has 2 aliphatic heterocycles. The number of benzene rings is 2. The van der Waals surface area contributed by atoms with Crippen molar-refractivity contribution in [1.29, 1.82) is 0 Å². The number of carbonyl (C=O) groups is 1. The number of fused-ring (bicyclic) bond motifs is 2. The zero-order valence-corrected chi connectivity index (χ0v) is 32.2. The molecule has 14 heteroatoms. The molecule has 2 aromatic carbocycles. The fourth-order valence-corrected chi connectivity index (χ4v) is 8.93. The lowest BCUT2D eigenvalue weighted by atomic mass is 9.92. The van der Waals surface area contributed by atoms with Crippen LogP contribution in [-0.4, -0.2) is 88.1 Å². The summed E-state index contributed by atoms with van der Waals surface area (Å²) >= 11 is 14.3. The number of rotatable bonds is 9. The molecule has 0 bridgehead atoms. The summed E-state index contributed by atoms with van der Waals surface area (Å²) < 4.78 is 12.5. The summed E-state index contributed by atoms with van der Waals surface area (Å²) in [5.41, 5.74) is 6.05. The van der Waals surface area contributed by atoms with Gasteiger partial charge < -0.3 is 25.0 Å². The van der Waals surface area contributed by atoms with Crippen LogP contribution >= 0.6 is 23.2 Å². The van der Waals surface area contributed by atoms with Gasteiger partial charge in [0.05, 0.1) is 52.3 Å². The average molecular weight is 770 g/mol. The third kappa shape index (κ3) is 6.44. The Labute approximate surface area is 323 Å². The molecule has 2 amide bonds. The van der Waals surface area contributed by atoms with Gasteiger partial charge in [0.25, 0.3) is 5.56 Å². The first-order valence-electron chi connectivity index (χ1n) is 18.2. The van der Waals surface area contributed by atoms with Crippen LogP contribution in [0, 0.1) is 6.92 Å². The second-order valence-corrected chi connectivity index (χ2v) is 15.2. The highest BCUT2D eigenvalue weighted by molar-refractivity contribution is 6.39. The molecule has 3 aromatic heterocycles. The van der Waals surface area contributed by atoms with Crippen molar-refractivity contribution >= 4 is 51.5 Å². The van der Waals surface area contributed by atoms with Crippen LogP contribution in [-0.2, 0) is 18.2 Å². The number of ether oxygens (including phenoxy) is 2. The number of aryl methyl sites for hydroxylation is 3. The van der Waals surface area contributed by atoms with E-state index in [0.717, 1.165) is 73.4 Å². The van der Waals surface area contributed by atoms with Crippen molar-refractivity contribution < 1.29 is 14.3 Å². The number of nitrogens with zero attached hydrogens (tertiary/aromatic N) is 6. The number of pyridine rings is 2. The summed E-state index contributed by atoms with van der Waals surface area (Å²) in [6, 6.07) is 15.6. The Kier molecular flexibility index (Phi) is 9.72. The summed E-state index contributed by atoms with van der Waals surface area (Å²) in [7, 11) is 4.93. The lowest BCUT2D eigenvalue weighted by Crippen LogP contribution is -2.61. The van der Waals surface area contributed by atoms with Gasteiger partial charge >= 0.3 is 6.03 Å². The summed E-state index contributed by atoms with van der Waals surface area (Å²) in [5, 5.41) is 12.9. The number of hydrogen-bond donors (Lipinski definition) is 2. The number of nitrogens with one attached hydrogen (secondary N) is 2. The monoisotopic (exact) mass is 768 g/mol. The van der Waals surface area contributed by atoms with E-state index in [0.29, 0.717) is 56.9 Å². The number of hydrogen-bond acceptors (Lipinski definition) is 9. The molecule has 2 atom stereocenters. The minimum absolute atomic E-state index is 0.0129. The van der Waals surface area contributed by atoms with Gasteiger partial charge in [-0.3, -0.25) is 9.69 Å². The molecular weight excluding hydrogens is 727 g/mol. The van der Waals surface area contributed by atoms with E-state index in [1.165, 1.54) is 10.2 Å². The Morgan fingerprint density at radius 3 is 2.54 bits per heavy atom. The van der Waals surface area contributed by atoms with E-state index in [2.05, 4.69) is 31.7 Å². The van der Waals surface area contributed by atoms with Crippen molar-refractivity contribution in [2.45, 2.75) is 44.2 Å². The second-order valence-electron chi connectivity index (χ2n) is 14.4. The standard InChI is InChI=1S/C40H42Cl2N8O4/c1-23-19-25-21-43-48(2)38(51)33(25)36(44-23)45-29-10-6-8-27(35(29)42)26-7-5-9-28(34(26)41)30-20-24-11-12-31(32(24)37(46-30)54-4)50-16-14-40(22-50)13-15-49(17-18-53-3)39(52)47-40/h5-10,19-21,31H,11-18,22H2,1-4H3,(H,44,45)(H,47,52)/t31-,40-/m0/s1. The molecule has 5 aromatic rings. The molecule has 2 fully saturated rings. The first kappa shape index (κ1) is 36.2. The van der Waals surface area contributed by atoms with Gasteiger partial charge in [0, 0.05) is 79.7 Å². The number of likely N-dealkylation sites (tertiary alicyclic amines) is 1. The van der Waals surface area contributed by atoms with Crippen LogP contribution in [0.4, 0.5) is 16.3 Å². The van der Waals surface area contributed by atoms with Gasteiger partial charge in [0.15, 0.2) is 0 Å². The molecule has 54 heavy (non-hydrogen) atoms. The largest absolute Gasteiger partial charge is 0.481 e. The number of amides is 2. The van der Waals surface area contributed by atoms with Gasteiger partial charge in [-0.15, -0.1) is 0 Å². The van der Waals surface area contributed by atoms with Gasteiger partial charge in [0.2, 0.25) is 5.88 Å². The highest BCUT2D eigenvalue weighted by Gasteiger charge is 2.46. The van der Waals surface area contributed by atoms with Gasteiger partial charge in [-0.2, -0.15) is 5.10 Å². The molecule has 5 heterocycles. The van der Waals surface area contributed by atoms with Crippen LogP contribution in [0.3, 0.4) is 0 Å². The fourth-order valence-electron chi connectivity index (χ4n) is 8.33. The van der Waals surface area contributed by atoms with Crippen LogP contribution in [0.5, 0.6) is 5.88 Å². The Bertz CT molecular complexity index is 2350. The molecule has 12 nitrogen and oxygen atoms in total. The number of methoxy groups -OCH3 is 2. The lowest BCUT2D eigenvalue weighted by molar-refractivity contribution is 0.114. The third-order valence-electron chi connectivity index (χ3n) is 11.1. The lowest BCUT2D eigenvalue weighted by Gasteiger charge is -2.40. The zero-order valence-electron chi connectivity index (χ0n) is 30.7. The Balaban J connectivity index is 1.07. The third-order valence-corrected chi connectivity index (χ3v) is 11.9. The summed E-state index contributed by atoms with van der Waals surface area (Å²) in [6.07, 6.45) is 5.29. The maximum absolute atomic E-state index is 13.1. The summed E-state index contributed by atoms with van der Waals surface area (Å²) in [5.74, 6) is 0.992. The van der Waals surface area contributed by atoms with Crippen molar-refractivity contribution in [3.05, 3.63) is 91.9 Å². The molecule has 2 saturated heterocycles. The highest BCUT2D eigenvalue weighted by atomic mass is 35.5. The van der Waals surface area contributed by atoms with Crippen LogP contribution in [0.25, 0.3) is 33.2 Å². The van der Waals surface area contributed by atoms with Crippen LogP contribution in [0.15, 0.2) is 59.5 Å². The summed E-state index contributed by atoms with van der Waals surface area (Å²) in [4.78, 5) is 40.1. The van der Waals surface area contributed by atoms with Crippen LogP contribution < -0.4 is 20.9 Å². The SMILES string of the molecule is COCCN1CC[C@@]2(CCN([C@H]3CCc4cc(-c5cccc(-c6cccc(Nc7nc(C)cc8cnn(C)c(=O)c78)c6Cl)c5Cl)nc(OC)c43)C2)NC1=O. The molecule has 1 spiro atoms. The van der Waals surface area contributed by atoms with Gasteiger partial charge in [-0.05, 0) is 56.4 Å². The van der Waals surface area contributed by atoms with Crippen LogP contribution in [0.1, 0.15) is 42.1 Å². The van der Waals surface area contributed by atoms with Gasteiger partial charge in [0.1, 0.15) is 5.82 Å². The van der Waals surface area contributed by atoms with E-state index < -0.39 is 0 Å². The van der Waals surface area contributed by atoms with E-state index in [1.54, 1.807) is 27.5 Å². The molecule has 8 rings (SSSR count). The quantitative estimate of drug-likeness (QED) is 0.164. The number of carbonyl (C=O) groups excluding carboxylic acids is 1. The molecule has 3 aliphatic rings. The van der Waals surface area contributed by atoms with Gasteiger partial charge in [-0.1, -0.05) is 53.5 Å². The summed E-state index contributed by atoms with van der Waals surface area (Å²) in [6.45, 7) is 5.40. The first-order chi connectivity index (χ1) is 26.1. The smallest absolute Gasteiger partial charge is 0.317 e. The Hall–Kier alpha value is -4.75. The van der Waals surface area contributed by atoms with Crippen molar-refractivity contribution in [2.75, 3.05) is 52.3 Å². The molecule has 0 saturated carbocycles. The predicted molar refractivity (Wildman–Crippen MR) is 211 cm³/mol. The molecule has 0 unspecified atom stereocenters. The maximum atomic E-state index is 13.1. The maximum Gasteiger partial charge on any atom is 0.317 e. The second kappa shape index (κ2) is 14.5. The van der Waals surface area contributed by atoms with Crippen molar-refractivity contribution in [3.8, 4) is 28.3 Å². The number of urea groups is 1. The topological polar surface area (TPSA) is 127 Å². The van der Waals surface area contributed by atoms with Crippen LogP contribution in [0.2, 0.25) is 10.0 Å². The van der Waals surface area contributed by atoms with Gasteiger partial charge in [-0.25, -0.2) is 19.4 Å². The minimum atomic E-state index is -0.262. The molecule has 2 N–H and O–H groups in total. The number of halogens is 2. The molecule has 1 aliphatic carbocycles. The molecule has 0 radical (unpaired) electrons. The minimum Gasteiger partial charge on any atom is -0.481 e. The molecular formula is C40H42Cl2N8O4. The van der Waals surface area contributed by atoms with E-state index in [9.17, 15) is 9.59 Å². The van der Waals surface area contributed by atoms with E-state index in [-0.39, 0.29) is 23.2 Å². The van der Waals surface area contributed by atoms with Crippen molar-refractivity contribution in [3.63, 3.8) is 0 Å². The predicted octanol–water partition coefficient (Wildman–Crippen LogP) is 6.92. The average Bonchev–Trinajstić information content (AvgIpc) is 3.78. The zero-order chi connectivity index (χ0) is 37.7. The number of aromatic nitrogens is 4. The highest BCUT2D eigenvalue weighted by Crippen LogP contribution is 2.47. The number of anilines is 2. The normalized spacial score (nSPS) is 19.8. The Morgan fingerprint density at radius 1 is 1.00 bits per heavy atom. The van der Waals surface area contributed by atoms with E-state index in [1.807, 2.05) is 54.3 Å². The van der Waals surface area contributed by atoms with Crippen molar-refractivity contribution in [2.24, 2.45) is 7.05 Å². The van der Waals surface area contributed by atoms with E-state index >= 15 is 0 Å².